The number of thioether (sulfide) groups is 1. The van der Waals surface area contributed by atoms with Gasteiger partial charge in [0.15, 0.2) is 5.78 Å². The van der Waals surface area contributed by atoms with Crippen LogP contribution in [-0.4, -0.2) is 48.7 Å². The van der Waals surface area contributed by atoms with Crippen LogP contribution in [0.3, 0.4) is 0 Å². The van der Waals surface area contributed by atoms with Crippen molar-refractivity contribution in [3.63, 3.8) is 0 Å². The van der Waals surface area contributed by atoms with Crippen LogP contribution >= 0.6 is 11.8 Å². The molecule has 4 nitrogen and oxygen atoms in total. The van der Waals surface area contributed by atoms with Gasteiger partial charge in [0.2, 0.25) is 5.91 Å². The molecule has 0 bridgehead atoms. The predicted octanol–water partition coefficient (Wildman–Crippen LogP) is 3.46. The van der Waals surface area contributed by atoms with Crippen molar-refractivity contribution >= 4 is 29.1 Å². The van der Waals surface area contributed by atoms with Gasteiger partial charge in [-0.25, -0.2) is 0 Å². The van der Waals surface area contributed by atoms with E-state index < -0.39 is 0 Å². The minimum atomic E-state index is -0.0882. The zero-order chi connectivity index (χ0) is 18.2. The number of carbonyl (C=O) groups is 2. The fourth-order valence-corrected chi connectivity index (χ4v) is 3.19. The highest BCUT2D eigenvalue weighted by atomic mass is 32.2. The van der Waals surface area contributed by atoms with Gasteiger partial charge in [-0.1, -0.05) is 42.0 Å². The third-order valence-corrected chi connectivity index (χ3v) is 4.58. The highest BCUT2D eigenvalue weighted by molar-refractivity contribution is 7.99. The maximum absolute atomic E-state index is 12.8. The molecule has 1 N–H and O–H groups in total. The predicted molar refractivity (Wildman–Crippen MR) is 106 cm³/mol. The lowest BCUT2D eigenvalue weighted by Gasteiger charge is -2.12. The fraction of sp³-hybridized carbons (Fsp3) is 0.300. The normalized spacial score (nSPS) is 10.7. The maximum Gasteiger partial charge on any atom is 0.234 e. The molecule has 0 heterocycles. The molecule has 0 fully saturated rings. The van der Waals surface area contributed by atoms with Crippen molar-refractivity contribution in [2.24, 2.45) is 0 Å². The Balaban J connectivity index is 2.08. The molecule has 25 heavy (non-hydrogen) atoms. The van der Waals surface area contributed by atoms with Crippen molar-refractivity contribution in [2.45, 2.75) is 6.92 Å². The summed E-state index contributed by atoms with van der Waals surface area (Å²) >= 11 is 1.58. The Morgan fingerprint density at radius 1 is 1.08 bits per heavy atom. The third-order valence-electron chi connectivity index (χ3n) is 3.65. The van der Waals surface area contributed by atoms with E-state index in [2.05, 4.69) is 10.2 Å². The summed E-state index contributed by atoms with van der Waals surface area (Å²) in [6.07, 6.45) is 0. The summed E-state index contributed by atoms with van der Waals surface area (Å²) in [5.74, 6) is 1.10. The summed E-state index contributed by atoms with van der Waals surface area (Å²) in [4.78, 5) is 27.1. The molecule has 0 aliphatic rings. The van der Waals surface area contributed by atoms with Gasteiger partial charge in [0.25, 0.3) is 0 Å². The second-order valence-electron chi connectivity index (χ2n) is 6.15. The summed E-state index contributed by atoms with van der Waals surface area (Å²) in [7, 11) is 4.02. The molecule has 0 aromatic heterocycles. The van der Waals surface area contributed by atoms with Crippen LogP contribution in [0.25, 0.3) is 0 Å². The lowest BCUT2D eigenvalue weighted by atomic mass is 10.00. The maximum atomic E-state index is 12.8. The van der Waals surface area contributed by atoms with Crippen LogP contribution in [0.2, 0.25) is 0 Å². The first-order chi connectivity index (χ1) is 12.0. The van der Waals surface area contributed by atoms with Crippen molar-refractivity contribution in [3.8, 4) is 0 Å². The van der Waals surface area contributed by atoms with Crippen LogP contribution in [0.15, 0.2) is 48.5 Å². The van der Waals surface area contributed by atoms with E-state index in [1.807, 2.05) is 51.4 Å². The second-order valence-corrected chi connectivity index (χ2v) is 7.25. The van der Waals surface area contributed by atoms with Gasteiger partial charge in [-0.2, -0.15) is 11.8 Å². The summed E-state index contributed by atoms with van der Waals surface area (Å²) < 4.78 is 0. The van der Waals surface area contributed by atoms with E-state index in [4.69, 9.17) is 0 Å². The topological polar surface area (TPSA) is 49.4 Å². The Bertz CT molecular complexity index is 730. The summed E-state index contributed by atoms with van der Waals surface area (Å²) in [5.41, 5.74) is 2.69. The van der Waals surface area contributed by atoms with E-state index in [1.165, 1.54) is 0 Å². The SMILES string of the molecule is Cc1ccc(NC(=O)CSCCN(C)C)c(C(=O)c2ccccc2)c1. The highest BCUT2D eigenvalue weighted by Gasteiger charge is 2.15. The number of rotatable bonds is 8. The molecule has 0 radical (unpaired) electrons. The molecule has 0 unspecified atom stereocenters. The Labute approximate surface area is 153 Å². The molecular weight excluding hydrogens is 332 g/mol. The molecule has 2 aromatic rings. The zero-order valence-corrected chi connectivity index (χ0v) is 15.7. The van der Waals surface area contributed by atoms with Gasteiger partial charge in [-0.05, 0) is 33.2 Å². The van der Waals surface area contributed by atoms with Crippen LogP contribution in [0.4, 0.5) is 5.69 Å². The lowest BCUT2D eigenvalue weighted by Crippen LogP contribution is -2.19. The number of ketones is 1. The fourth-order valence-electron chi connectivity index (χ4n) is 2.30. The van der Waals surface area contributed by atoms with Crippen LogP contribution < -0.4 is 5.32 Å². The van der Waals surface area contributed by atoms with Crippen molar-refractivity contribution in [3.05, 3.63) is 65.2 Å². The first kappa shape index (κ1) is 19.2. The van der Waals surface area contributed by atoms with Gasteiger partial charge in [0, 0.05) is 23.4 Å². The molecule has 0 aliphatic heterocycles. The van der Waals surface area contributed by atoms with Crippen LogP contribution in [0, 0.1) is 6.92 Å². The average molecular weight is 356 g/mol. The quantitative estimate of drug-likeness (QED) is 0.581. The average Bonchev–Trinajstić information content (AvgIpc) is 2.60. The molecule has 2 rings (SSSR count). The first-order valence-electron chi connectivity index (χ1n) is 8.20. The van der Waals surface area contributed by atoms with Gasteiger partial charge in [-0.3, -0.25) is 9.59 Å². The number of benzene rings is 2. The van der Waals surface area contributed by atoms with E-state index in [0.29, 0.717) is 22.6 Å². The Hall–Kier alpha value is -2.11. The molecule has 5 heteroatoms. The van der Waals surface area contributed by atoms with Crippen LogP contribution in [-0.2, 0) is 4.79 Å². The number of amides is 1. The number of hydrogen-bond donors (Lipinski definition) is 1. The molecular formula is C20H24N2O2S. The molecule has 1 amide bonds. The van der Waals surface area contributed by atoms with Crippen molar-refractivity contribution in [1.82, 2.24) is 4.90 Å². The molecule has 0 atom stereocenters. The number of nitrogens with zero attached hydrogens (tertiary/aromatic N) is 1. The minimum absolute atomic E-state index is 0.0835. The van der Waals surface area contributed by atoms with E-state index in [9.17, 15) is 9.59 Å². The number of carbonyl (C=O) groups excluding carboxylic acids is 2. The van der Waals surface area contributed by atoms with E-state index in [1.54, 1.807) is 30.0 Å². The largest absolute Gasteiger partial charge is 0.325 e. The Morgan fingerprint density at radius 2 is 1.80 bits per heavy atom. The lowest BCUT2D eigenvalue weighted by molar-refractivity contribution is -0.113. The molecule has 0 aliphatic carbocycles. The molecule has 0 saturated carbocycles. The van der Waals surface area contributed by atoms with E-state index in [0.717, 1.165) is 17.9 Å². The molecule has 132 valence electrons. The third kappa shape index (κ3) is 6.03. The van der Waals surface area contributed by atoms with E-state index in [-0.39, 0.29) is 11.7 Å². The standard InChI is InChI=1S/C20H24N2O2S/c1-15-9-10-18(21-19(23)14-25-12-11-22(2)3)17(13-15)20(24)16-7-5-4-6-8-16/h4-10,13H,11-12,14H2,1-3H3,(H,21,23). The Kier molecular flexibility index (Phi) is 7.22. The molecule has 2 aromatic carbocycles. The summed E-state index contributed by atoms with van der Waals surface area (Å²) in [6, 6.07) is 14.6. The Morgan fingerprint density at radius 3 is 2.48 bits per heavy atom. The smallest absolute Gasteiger partial charge is 0.234 e. The van der Waals surface area contributed by atoms with Crippen molar-refractivity contribution < 1.29 is 9.59 Å². The van der Waals surface area contributed by atoms with Gasteiger partial charge >= 0.3 is 0 Å². The highest BCUT2D eigenvalue weighted by Crippen LogP contribution is 2.21. The molecule has 0 spiro atoms. The van der Waals surface area contributed by atoms with Crippen LogP contribution in [0.1, 0.15) is 21.5 Å². The number of aryl methyl sites for hydroxylation is 1. The number of anilines is 1. The second kappa shape index (κ2) is 9.39. The zero-order valence-electron chi connectivity index (χ0n) is 14.9. The summed E-state index contributed by atoms with van der Waals surface area (Å²) in [6.45, 7) is 2.87. The first-order valence-corrected chi connectivity index (χ1v) is 9.35. The minimum Gasteiger partial charge on any atom is -0.325 e. The van der Waals surface area contributed by atoms with Gasteiger partial charge in [-0.15, -0.1) is 0 Å². The monoisotopic (exact) mass is 356 g/mol. The number of nitrogens with one attached hydrogen (secondary N) is 1. The van der Waals surface area contributed by atoms with Crippen LogP contribution in [0.5, 0.6) is 0 Å². The van der Waals surface area contributed by atoms with Crippen molar-refractivity contribution in [2.75, 3.05) is 37.5 Å². The molecule has 0 saturated heterocycles. The van der Waals surface area contributed by atoms with Gasteiger partial charge in [0.1, 0.15) is 0 Å². The van der Waals surface area contributed by atoms with Crippen molar-refractivity contribution in [1.29, 1.82) is 0 Å². The summed E-state index contributed by atoms with van der Waals surface area (Å²) in [5, 5.41) is 2.88. The van der Waals surface area contributed by atoms with E-state index >= 15 is 0 Å². The van der Waals surface area contributed by atoms with Gasteiger partial charge < -0.3 is 10.2 Å². The number of hydrogen-bond acceptors (Lipinski definition) is 4. The van der Waals surface area contributed by atoms with Gasteiger partial charge in [0.05, 0.1) is 11.4 Å².